The monoisotopic (exact) mass is 359 g/mol. The van der Waals surface area contributed by atoms with E-state index >= 15 is 0 Å². The Balaban J connectivity index is 1.69. The maximum atomic E-state index is 12.8. The number of hydrogen-bond donors (Lipinski definition) is 2. The number of likely N-dealkylation sites (tertiary alicyclic amines) is 1. The molecule has 1 aromatic rings. The second-order valence-electron chi connectivity index (χ2n) is 8.00. The van der Waals surface area contributed by atoms with E-state index in [1.165, 1.54) is 18.1 Å². The number of piperidine rings is 1. The maximum absolute atomic E-state index is 12.8. The molecule has 1 saturated heterocycles. The summed E-state index contributed by atoms with van der Waals surface area (Å²) in [6.45, 7) is 2.61. The fourth-order valence-corrected chi connectivity index (χ4v) is 4.17. The average Bonchev–Trinajstić information content (AvgIpc) is 2.99. The van der Waals surface area contributed by atoms with E-state index in [9.17, 15) is 14.7 Å². The van der Waals surface area contributed by atoms with Crippen LogP contribution in [0, 0.1) is 0 Å². The van der Waals surface area contributed by atoms with Crippen LogP contribution in [-0.4, -0.2) is 71.6 Å². The van der Waals surface area contributed by atoms with Crippen LogP contribution < -0.4 is 5.32 Å². The van der Waals surface area contributed by atoms with Crippen molar-refractivity contribution in [2.24, 2.45) is 0 Å². The SMILES string of the molecule is CC(=O)N1CCC[C@@](O)(C(=O)NCC2(N(C)C)Cc3ccccc3C2)C1. The number of carbonyl (C=O) groups is 2. The summed E-state index contributed by atoms with van der Waals surface area (Å²) in [5.74, 6) is -0.479. The minimum absolute atomic E-state index is 0.0728. The number of rotatable bonds is 4. The zero-order chi connectivity index (χ0) is 18.9. The molecule has 1 fully saturated rings. The van der Waals surface area contributed by atoms with Crippen molar-refractivity contribution in [3.63, 3.8) is 0 Å². The number of likely N-dealkylation sites (N-methyl/N-ethyl adjacent to an activating group) is 1. The van der Waals surface area contributed by atoms with Gasteiger partial charge in [0.25, 0.3) is 5.91 Å². The summed E-state index contributed by atoms with van der Waals surface area (Å²) in [6, 6.07) is 8.37. The summed E-state index contributed by atoms with van der Waals surface area (Å²) in [6.07, 6.45) is 2.76. The van der Waals surface area contributed by atoms with Crippen LogP contribution in [0.15, 0.2) is 24.3 Å². The highest BCUT2D eigenvalue weighted by molar-refractivity contribution is 5.86. The Kier molecular flexibility index (Phi) is 5.08. The zero-order valence-electron chi connectivity index (χ0n) is 15.9. The van der Waals surface area contributed by atoms with Crippen molar-refractivity contribution in [2.45, 2.75) is 43.7 Å². The summed E-state index contributed by atoms with van der Waals surface area (Å²) in [4.78, 5) is 28.1. The van der Waals surface area contributed by atoms with Crippen molar-refractivity contribution in [3.05, 3.63) is 35.4 Å². The molecule has 0 spiro atoms. The third-order valence-electron chi connectivity index (χ3n) is 6.02. The second kappa shape index (κ2) is 7.00. The van der Waals surface area contributed by atoms with Crippen molar-refractivity contribution in [1.82, 2.24) is 15.1 Å². The quantitative estimate of drug-likeness (QED) is 0.825. The number of nitrogens with one attached hydrogen (secondary N) is 1. The predicted molar refractivity (Wildman–Crippen MR) is 99.7 cm³/mol. The number of carbonyl (C=O) groups excluding carboxylic acids is 2. The first-order valence-electron chi connectivity index (χ1n) is 9.26. The Labute approximate surface area is 155 Å². The van der Waals surface area contributed by atoms with Crippen molar-refractivity contribution in [3.8, 4) is 0 Å². The van der Waals surface area contributed by atoms with Gasteiger partial charge in [-0.3, -0.25) is 9.59 Å². The molecule has 0 bridgehead atoms. The third kappa shape index (κ3) is 3.48. The van der Waals surface area contributed by atoms with Crippen LogP contribution in [0.4, 0.5) is 0 Å². The first-order valence-corrected chi connectivity index (χ1v) is 9.26. The van der Waals surface area contributed by atoms with Crippen LogP contribution in [0.5, 0.6) is 0 Å². The normalized spacial score (nSPS) is 24.4. The van der Waals surface area contributed by atoms with E-state index in [0.717, 1.165) is 12.8 Å². The number of fused-ring (bicyclic) bond motifs is 1. The molecule has 6 nitrogen and oxygen atoms in total. The predicted octanol–water partition coefficient (Wildman–Crippen LogP) is 0.575. The van der Waals surface area contributed by atoms with Gasteiger partial charge in [-0.25, -0.2) is 0 Å². The molecular formula is C20H29N3O3. The standard InChI is InChI=1S/C20H29N3O3/c1-15(24)23-10-6-9-20(26,14-23)18(25)21-13-19(22(2)3)11-16-7-4-5-8-17(16)12-19/h4-5,7-8,26H,6,9-14H2,1-3H3,(H,21,25)/t20-/m0/s1. The van der Waals surface area contributed by atoms with Crippen molar-refractivity contribution in [2.75, 3.05) is 33.7 Å². The molecule has 142 valence electrons. The van der Waals surface area contributed by atoms with Crippen molar-refractivity contribution < 1.29 is 14.7 Å². The number of benzene rings is 1. The molecule has 3 rings (SSSR count). The Morgan fingerprint density at radius 2 is 1.85 bits per heavy atom. The summed E-state index contributed by atoms with van der Waals surface area (Å²) in [5, 5.41) is 13.8. The first-order chi connectivity index (χ1) is 12.3. The average molecular weight is 359 g/mol. The molecule has 2 aliphatic rings. The van der Waals surface area contributed by atoms with Gasteiger partial charge < -0.3 is 20.2 Å². The highest BCUT2D eigenvalue weighted by Crippen LogP contribution is 2.33. The third-order valence-corrected chi connectivity index (χ3v) is 6.02. The fourth-order valence-electron chi connectivity index (χ4n) is 4.17. The smallest absolute Gasteiger partial charge is 0.253 e. The molecule has 0 aromatic heterocycles. The molecule has 6 heteroatoms. The van der Waals surface area contributed by atoms with Gasteiger partial charge in [0, 0.05) is 25.6 Å². The van der Waals surface area contributed by atoms with Crippen LogP contribution in [0.3, 0.4) is 0 Å². The van der Waals surface area contributed by atoms with Gasteiger partial charge in [-0.2, -0.15) is 0 Å². The van der Waals surface area contributed by atoms with E-state index in [1.807, 2.05) is 26.2 Å². The molecule has 2 amide bonds. The lowest BCUT2D eigenvalue weighted by Crippen LogP contribution is -2.61. The molecule has 1 aliphatic carbocycles. The minimum Gasteiger partial charge on any atom is -0.378 e. The molecule has 1 aromatic carbocycles. The van der Waals surface area contributed by atoms with Crippen LogP contribution in [-0.2, 0) is 22.4 Å². The molecule has 0 radical (unpaired) electrons. The van der Waals surface area contributed by atoms with Gasteiger partial charge in [0.05, 0.1) is 6.54 Å². The number of aliphatic hydroxyl groups is 1. The topological polar surface area (TPSA) is 72.9 Å². The van der Waals surface area contributed by atoms with E-state index in [4.69, 9.17) is 0 Å². The molecule has 2 N–H and O–H groups in total. The highest BCUT2D eigenvalue weighted by Gasteiger charge is 2.44. The van der Waals surface area contributed by atoms with Crippen LogP contribution in [0.25, 0.3) is 0 Å². The molecule has 1 heterocycles. The van der Waals surface area contributed by atoms with Gasteiger partial charge >= 0.3 is 0 Å². The largest absolute Gasteiger partial charge is 0.378 e. The lowest BCUT2D eigenvalue weighted by Gasteiger charge is -2.40. The highest BCUT2D eigenvalue weighted by atomic mass is 16.3. The van der Waals surface area contributed by atoms with Gasteiger partial charge in [0.2, 0.25) is 5.91 Å². The van der Waals surface area contributed by atoms with E-state index in [1.54, 1.807) is 4.90 Å². The number of β-amino-alcohol motifs (C(OH)–C–C–N with tert-alkyl or cyclic N) is 1. The Morgan fingerprint density at radius 3 is 2.38 bits per heavy atom. The minimum atomic E-state index is -1.50. The zero-order valence-corrected chi connectivity index (χ0v) is 15.9. The van der Waals surface area contributed by atoms with Crippen LogP contribution in [0.1, 0.15) is 30.9 Å². The summed E-state index contributed by atoms with van der Waals surface area (Å²) >= 11 is 0. The van der Waals surface area contributed by atoms with Gasteiger partial charge in [0.15, 0.2) is 5.60 Å². The van der Waals surface area contributed by atoms with E-state index in [0.29, 0.717) is 25.9 Å². The van der Waals surface area contributed by atoms with Crippen LogP contribution >= 0.6 is 0 Å². The van der Waals surface area contributed by atoms with Gasteiger partial charge in [-0.15, -0.1) is 0 Å². The summed E-state index contributed by atoms with van der Waals surface area (Å²) < 4.78 is 0. The Hall–Kier alpha value is -1.92. The molecular weight excluding hydrogens is 330 g/mol. The van der Waals surface area contributed by atoms with E-state index < -0.39 is 5.60 Å². The lowest BCUT2D eigenvalue weighted by molar-refractivity contribution is -0.151. The van der Waals surface area contributed by atoms with Gasteiger partial charge in [-0.1, -0.05) is 24.3 Å². The number of amides is 2. The summed E-state index contributed by atoms with van der Waals surface area (Å²) in [5.41, 5.74) is 0.942. The number of nitrogens with zero attached hydrogens (tertiary/aromatic N) is 2. The van der Waals surface area contributed by atoms with Crippen molar-refractivity contribution in [1.29, 1.82) is 0 Å². The Morgan fingerprint density at radius 1 is 1.23 bits per heavy atom. The molecule has 0 saturated carbocycles. The van der Waals surface area contributed by atoms with E-state index in [2.05, 4.69) is 22.3 Å². The maximum Gasteiger partial charge on any atom is 0.253 e. The number of hydrogen-bond acceptors (Lipinski definition) is 4. The molecule has 1 aliphatic heterocycles. The molecule has 1 atom stereocenters. The van der Waals surface area contributed by atoms with Gasteiger partial charge in [-0.05, 0) is 50.9 Å². The van der Waals surface area contributed by atoms with Crippen molar-refractivity contribution >= 4 is 11.8 Å². The first kappa shape index (κ1) is 18.9. The summed E-state index contributed by atoms with van der Waals surface area (Å²) in [7, 11) is 4.07. The molecule has 26 heavy (non-hydrogen) atoms. The van der Waals surface area contributed by atoms with Crippen LogP contribution in [0.2, 0.25) is 0 Å². The fraction of sp³-hybridized carbons (Fsp3) is 0.600. The molecule has 0 unspecified atom stereocenters. The second-order valence-corrected chi connectivity index (χ2v) is 8.00. The van der Waals surface area contributed by atoms with Gasteiger partial charge in [0.1, 0.15) is 0 Å². The Bertz CT molecular complexity index is 678. The lowest BCUT2D eigenvalue weighted by atomic mass is 9.90. The van der Waals surface area contributed by atoms with E-state index in [-0.39, 0.29) is 23.9 Å².